The molecule has 2 rings (SSSR count). The molecular formula is C14H20O3. The van der Waals surface area contributed by atoms with Crippen molar-refractivity contribution in [2.24, 2.45) is 5.92 Å². The Bertz CT molecular complexity index is 398. The van der Waals surface area contributed by atoms with Gasteiger partial charge in [0.05, 0.1) is 6.61 Å². The van der Waals surface area contributed by atoms with Crippen molar-refractivity contribution in [2.75, 3.05) is 13.2 Å². The van der Waals surface area contributed by atoms with Crippen LogP contribution in [0, 0.1) is 5.92 Å². The third-order valence-electron chi connectivity index (χ3n) is 2.89. The number of rotatable bonds is 4. The van der Waals surface area contributed by atoms with Crippen molar-refractivity contribution in [3.05, 3.63) is 23.8 Å². The maximum absolute atomic E-state index is 8.98. The lowest BCUT2D eigenvalue weighted by molar-refractivity contribution is 0.126. The number of aliphatic hydroxyl groups excluding tert-OH is 1. The lowest BCUT2D eigenvalue weighted by atomic mass is 10.0. The normalized spacial score (nSPS) is 18.4. The van der Waals surface area contributed by atoms with Gasteiger partial charge in [0.15, 0.2) is 11.5 Å². The molecule has 1 atom stereocenters. The van der Waals surface area contributed by atoms with Crippen LogP contribution in [0.3, 0.4) is 0 Å². The quantitative estimate of drug-likeness (QED) is 0.872. The second-order valence-electron chi connectivity index (χ2n) is 5.38. The van der Waals surface area contributed by atoms with Gasteiger partial charge in [0, 0.05) is 24.5 Å². The topological polar surface area (TPSA) is 38.7 Å². The fraction of sp³-hybridized carbons (Fsp3) is 0.571. The zero-order chi connectivity index (χ0) is 12.5. The Morgan fingerprint density at radius 1 is 1.47 bits per heavy atom. The number of para-hydroxylation sites is 1. The highest BCUT2D eigenvalue weighted by molar-refractivity contribution is 5.50. The van der Waals surface area contributed by atoms with E-state index in [1.807, 2.05) is 19.1 Å². The molecule has 0 saturated carbocycles. The third kappa shape index (κ3) is 2.72. The minimum atomic E-state index is -0.148. The van der Waals surface area contributed by atoms with Crippen LogP contribution in [0.2, 0.25) is 0 Å². The molecule has 0 amide bonds. The van der Waals surface area contributed by atoms with Crippen LogP contribution >= 0.6 is 0 Å². The molecule has 0 saturated heterocycles. The van der Waals surface area contributed by atoms with E-state index in [2.05, 4.69) is 19.9 Å². The van der Waals surface area contributed by atoms with Crippen LogP contribution < -0.4 is 9.47 Å². The van der Waals surface area contributed by atoms with E-state index in [4.69, 9.17) is 14.6 Å². The van der Waals surface area contributed by atoms with Crippen molar-refractivity contribution in [3.63, 3.8) is 0 Å². The second-order valence-corrected chi connectivity index (χ2v) is 5.38. The van der Waals surface area contributed by atoms with Crippen molar-refractivity contribution < 1.29 is 14.6 Å². The van der Waals surface area contributed by atoms with Gasteiger partial charge in [-0.15, -0.1) is 0 Å². The van der Waals surface area contributed by atoms with Crippen LogP contribution in [-0.2, 0) is 6.42 Å². The Morgan fingerprint density at radius 3 is 2.94 bits per heavy atom. The highest BCUT2D eigenvalue weighted by atomic mass is 16.5. The molecule has 0 spiro atoms. The van der Waals surface area contributed by atoms with Crippen molar-refractivity contribution in [1.29, 1.82) is 0 Å². The van der Waals surface area contributed by atoms with Crippen molar-refractivity contribution in [3.8, 4) is 11.5 Å². The van der Waals surface area contributed by atoms with E-state index in [0.29, 0.717) is 6.61 Å². The van der Waals surface area contributed by atoms with Gasteiger partial charge in [-0.1, -0.05) is 19.1 Å². The first-order valence-corrected chi connectivity index (χ1v) is 6.06. The van der Waals surface area contributed by atoms with Crippen LogP contribution in [0.25, 0.3) is 0 Å². The average molecular weight is 236 g/mol. The molecule has 94 valence electrons. The molecule has 0 radical (unpaired) electrons. The number of aliphatic hydroxyl groups is 1. The number of benzene rings is 1. The summed E-state index contributed by atoms with van der Waals surface area (Å²) in [4.78, 5) is 0. The molecule has 1 aliphatic heterocycles. The summed E-state index contributed by atoms with van der Waals surface area (Å²) in [7, 11) is 0. The summed E-state index contributed by atoms with van der Waals surface area (Å²) in [6.07, 6.45) is 0.912. The zero-order valence-electron chi connectivity index (χ0n) is 10.7. The molecule has 0 fully saturated rings. The van der Waals surface area contributed by atoms with E-state index >= 15 is 0 Å². The Morgan fingerprint density at radius 2 is 2.24 bits per heavy atom. The van der Waals surface area contributed by atoms with Gasteiger partial charge in [0.2, 0.25) is 0 Å². The van der Waals surface area contributed by atoms with E-state index in [9.17, 15) is 0 Å². The number of ether oxygens (including phenoxy) is 2. The fourth-order valence-electron chi connectivity index (χ4n) is 1.99. The summed E-state index contributed by atoms with van der Waals surface area (Å²) in [6.45, 7) is 6.76. The molecule has 0 aliphatic carbocycles. The molecule has 0 bridgehead atoms. The summed E-state index contributed by atoms with van der Waals surface area (Å²) in [5.74, 6) is 1.79. The standard InChI is InChI=1S/C14H20O3/c1-10(8-15)9-16-12-6-4-5-11-7-14(2,3)17-13(11)12/h4-6,10,15H,7-9H2,1-3H3. The third-order valence-corrected chi connectivity index (χ3v) is 2.89. The maximum atomic E-state index is 8.98. The van der Waals surface area contributed by atoms with Crippen molar-refractivity contribution >= 4 is 0 Å². The van der Waals surface area contributed by atoms with Gasteiger partial charge >= 0.3 is 0 Å². The van der Waals surface area contributed by atoms with E-state index in [0.717, 1.165) is 17.9 Å². The largest absolute Gasteiger partial charge is 0.489 e. The Labute approximate surface area is 102 Å². The number of hydrogen-bond acceptors (Lipinski definition) is 3. The SMILES string of the molecule is CC(CO)COc1cccc2c1OC(C)(C)C2. The van der Waals surface area contributed by atoms with E-state index in [1.165, 1.54) is 5.56 Å². The van der Waals surface area contributed by atoms with Gasteiger partial charge in [-0.3, -0.25) is 0 Å². The Hall–Kier alpha value is -1.22. The molecule has 1 heterocycles. The molecule has 3 heteroatoms. The van der Waals surface area contributed by atoms with E-state index in [-0.39, 0.29) is 18.1 Å². The maximum Gasteiger partial charge on any atom is 0.165 e. The second kappa shape index (κ2) is 4.57. The summed E-state index contributed by atoms with van der Waals surface area (Å²) in [5, 5.41) is 8.98. The predicted octanol–water partition coefficient (Wildman–Crippen LogP) is 2.41. The highest BCUT2D eigenvalue weighted by Crippen LogP contribution is 2.41. The number of fused-ring (bicyclic) bond motifs is 1. The number of hydrogen-bond donors (Lipinski definition) is 1. The first-order valence-electron chi connectivity index (χ1n) is 6.06. The lowest BCUT2D eigenvalue weighted by Crippen LogP contribution is -2.24. The zero-order valence-corrected chi connectivity index (χ0v) is 10.7. The summed E-state index contributed by atoms with van der Waals surface area (Å²) in [5.41, 5.74) is 1.05. The van der Waals surface area contributed by atoms with Crippen LogP contribution in [0.1, 0.15) is 26.3 Å². The predicted molar refractivity (Wildman–Crippen MR) is 66.6 cm³/mol. The summed E-state index contributed by atoms with van der Waals surface area (Å²) < 4.78 is 11.6. The molecule has 17 heavy (non-hydrogen) atoms. The Kier molecular flexibility index (Phi) is 3.29. The van der Waals surface area contributed by atoms with Crippen LogP contribution in [-0.4, -0.2) is 23.9 Å². The van der Waals surface area contributed by atoms with E-state index < -0.39 is 0 Å². The minimum Gasteiger partial charge on any atom is -0.489 e. The molecule has 1 aromatic rings. The van der Waals surface area contributed by atoms with Crippen LogP contribution in [0.4, 0.5) is 0 Å². The smallest absolute Gasteiger partial charge is 0.165 e. The summed E-state index contributed by atoms with van der Waals surface area (Å²) in [6, 6.07) is 5.99. The molecule has 3 nitrogen and oxygen atoms in total. The summed E-state index contributed by atoms with van der Waals surface area (Å²) >= 11 is 0. The molecule has 1 aromatic carbocycles. The minimum absolute atomic E-state index is 0.139. The van der Waals surface area contributed by atoms with Crippen LogP contribution in [0.15, 0.2) is 18.2 Å². The molecule has 1 unspecified atom stereocenters. The van der Waals surface area contributed by atoms with Gasteiger partial charge in [-0.05, 0) is 19.9 Å². The first kappa shape index (κ1) is 12.2. The average Bonchev–Trinajstić information content (AvgIpc) is 2.60. The van der Waals surface area contributed by atoms with E-state index in [1.54, 1.807) is 0 Å². The fourth-order valence-corrected chi connectivity index (χ4v) is 1.99. The van der Waals surface area contributed by atoms with Crippen LogP contribution in [0.5, 0.6) is 11.5 Å². The molecular weight excluding hydrogens is 216 g/mol. The van der Waals surface area contributed by atoms with Gasteiger partial charge in [-0.25, -0.2) is 0 Å². The van der Waals surface area contributed by atoms with Gasteiger partial charge in [0.25, 0.3) is 0 Å². The molecule has 1 N–H and O–H groups in total. The van der Waals surface area contributed by atoms with Gasteiger partial charge in [0.1, 0.15) is 5.60 Å². The lowest BCUT2D eigenvalue weighted by Gasteiger charge is -2.18. The van der Waals surface area contributed by atoms with Crippen molar-refractivity contribution in [2.45, 2.75) is 32.8 Å². The van der Waals surface area contributed by atoms with Crippen molar-refractivity contribution in [1.82, 2.24) is 0 Å². The first-order chi connectivity index (χ1) is 8.02. The molecule has 0 aromatic heterocycles. The van der Waals surface area contributed by atoms with Gasteiger partial charge < -0.3 is 14.6 Å². The Balaban J connectivity index is 2.13. The van der Waals surface area contributed by atoms with Gasteiger partial charge in [-0.2, -0.15) is 0 Å². The monoisotopic (exact) mass is 236 g/mol. The highest BCUT2D eigenvalue weighted by Gasteiger charge is 2.32. The molecule has 1 aliphatic rings.